The van der Waals surface area contributed by atoms with Crippen LogP contribution in [0.25, 0.3) is 0 Å². The van der Waals surface area contributed by atoms with Gasteiger partial charge in [0.1, 0.15) is 17.5 Å². The molecule has 0 spiro atoms. The van der Waals surface area contributed by atoms with Crippen LogP contribution in [-0.2, 0) is 0 Å². The summed E-state index contributed by atoms with van der Waals surface area (Å²) in [4.78, 5) is 0. The second kappa shape index (κ2) is 5.58. The summed E-state index contributed by atoms with van der Waals surface area (Å²) in [7, 11) is 0. The number of hydrogen-bond donors (Lipinski definition) is 0. The first kappa shape index (κ1) is 13.4. The molecule has 0 N–H and O–H groups in total. The third kappa shape index (κ3) is 2.91. The summed E-state index contributed by atoms with van der Waals surface area (Å²) in [5, 5.41) is -0.763. The first-order chi connectivity index (χ1) is 7.47. The van der Waals surface area contributed by atoms with Crippen LogP contribution in [0.3, 0.4) is 0 Å². The minimum atomic E-state index is -0.925. The normalized spacial score (nSPS) is 14.9. The van der Waals surface area contributed by atoms with Crippen molar-refractivity contribution in [3.8, 4) is 0 Å². The molecule has 0 saturated heterocycles. The maximum atomic E-state index is 13.4. The van der Waals surface area contributed by atoms with Crippen LogP contribution in [0.1, 0.15) is 37.6 Å². The lowest BCUT2D eigenvalue weighted by molar-refractivity contribution is 0.460. The number of rotatable bonds is 4. The van der Waals surface area contributed by atoms with Crippen LogP contribution in [0.15, 0.2) is 12.1 Å². The molecule has 0 bridgehead atoms. The summed E-state index contributed by atoms with van der Waals surface area (Å²) >= 11 is 6.00. The minimum absolute atomic E-state index is 0.0545. The van der Waals surface area contributed by atoms with E-state index >= 15 is 0 Å². The fourth-order valence-electron chi connectivity index (χ4n) is 1.70. The molecule has 1 aromatic rings. The molecule has 0 aliphatic carbocycles. The van der Waals surface area contributed by atoms with Gasteiger partial charge in [0.05, 0.1) is 5.38 Å². The van der Waals surface area contributed by atoms with Gasteiger partial charge in [0, 0.05) is 17.7 Å². The maximum absolute atomic E-state index is 13.4. The molecule has 90 valence electrons. The zero-order valence-corrected chi connectivity index (χ0v) is 9.99. The van der Waals surface area contributed by atoms with E-state index in [0.29, 0.717) is 12.1 Å². The van der Waals surface area contributed by atoms with Gasteiger partial charge in [0.25, 0.3) is 0 Å². The minimum Gasteiger partial charge on any atom is -0.207 e. The predicted octanol–water partition coefficient (Wildman–Crippen LogP) is 4.82. The highest BCUT2D eigenvalue weighted by atomic mass is 35.5. The first-order valence-electron chi connectivity index (χ1n) is 5.25. The number of hydrogen-bond acceptors (Lipinski definition) is 0. The van der Waals surface area contributed by atoms with Crippen LogP contribution in [0.2, 0.25) is 0 Å². The zero-order valence-electron chi connectivity index (χ0n) is 9.24. The van der Waals surface area contributed by atoms with E-state index in [2.05, 4.69) is 0 Å². The molecule has 0 amide bonds. The van der Waals surface area contributed by atoms with Gasteiger partial charge in [-0.3, -0.25) is 0 Å². The van der Waals surface area contributed by atoms with Crippen molar-refractivity contribution in [3.05, 3.63) is 35.1 Å². The average Bonchev–Trinajstić information content (AvgIpc) is 2.16. The zero-order chi connectivity index (χ0) is 12.3. The Morgan fingerprint density at radius 2 is 1.69 bits per heavy atom. The number of halogens is 4. The van der Waals surface area contributed by atoms with Crippen molar-refractivity contribution in [2.24, 2.45) is 5.92 Å². The van der Waals surface area contributed by atoms with E-state index in [1.807, 2.05) is 13.8 Å². The van der Waals surface area contributed by atoms with E-state index in [1.54, 1.807) is 0 Å². The van der Waals surface area contributed by atoms with Gasteiger partial charge >= 0.3 is 0 Å². The van der Waals surface area contributed by atoms with Crippen molar-refractivity contribution in [1.29, 1.82) is 0 Å². The monoisotopic (exact) mass is 250 g/mol. The molecule has 0 radical (unpaired) electrons. The maximum Gasteiger partial charge on any atom is 0.133 e. The van der Waals surface area contributed by atoms with Crippen LogP contribution in [0.4, 0.5) is 13.2 Å². The van der Waals surface area contributed by atoms with Gasteiger partial charge in [-0.05, 0) is 12.3 Å². The number of alkyl halides is 1. The van der Waals surface area contributed by atoms with Crippen molar-refractivity contribution in [3.63, 3.8) is 0 Å². The number of benzene rings is 1. The molecule has 4 heteroatoms. The van der Waals surface area contributed by atoms with Crippen molar-refractivity contribution in [2.45, 2.75) is 32.1 Å². The van der Waals surface area contributed by atoms with Crippen LogP contribution in [-0.4, -0.2) is 0 Å². The van der Waals surface area contributed by atoms with E-state index < -0.39 is 22.8 Å². The Kier molecular flexibility index (Phi) is 4.66. The van der Waals surface area contributed by atoms with Crippen molar-refractivity contribution in [1.82, 2.24) is 0 Å². The second-order valence-electron chi connectivity index (χ2n) is 3.95. The van der Waals surface area contributed by atoms with E-state index in [4.69, 9.17) is 11.6 Å². The van der Waals surface area contributed by atoms with Crippen molar-refractivity contribution in [2.75, 3.05) is 0 Å². The summed E-state index contributed by atoms with van der Waals surface area (Å²) < 4.78 is 39.5. The van der Waals surface area contributed by atoms with Crippen molar-refractivity contribution < 1.29 is 13.2 Å². The summed E-state index contributed by atoms with van der Waals surface area (Å²) in [5.41, 5.74) is -0.232. The lowest BCUT2D eigenvalue weighted by atomic mass is 9.95. The van der Waals surface area contributed by atoms with Gasteiger partial charge in [-0.1, -0.05) is 20.3 Å². The molecule has 2 atom stereocenters. The molecule has 0 aromatic heterocycles. The Hall–Kier alpha value is -0.700. The fraction of sp³-hybridized carbons (Fsp3) is 0.500. The average molecular weight is 251 g/mol. The highest BCUT2D eigenvalue weighted by Crippen LogP contribution is 2.35. The molecule has 16 heavy (non-hydrogen) atoms. The molecule has 1 aromatic carbocycles. The van der Waals surface area contributed by atoms with Crippen LogP contribution < -0.4 is 0 Å². The molecule has 0 aliphatic rings. The summed E-state index contributed by atoms with van der Waals surface area (Å²) in [6.07, 6.45) is 1.65. The molecule has 0 saturated carbocycles. The van der Waals surface area contributed by atoms with Crippen LogP contribution >= 0.6 is 11.6 Å². The van der Waals surface area contributed by atoms with Crippen LogP contribution in [0.5, 0.6) is 0 Å². The summed E-state index contributed by atoms with van der Waals surface area (Å²) in [6.45, 7) is 3.79. The SMILES string of the molecule is CCCC(C)C(Cl)c1c(F)cc(F)cc1F. The molecular formula is C12H14ClF3. The lowest BCUT2D eigenvalue weighted by Gasteiger charge is -2.18. The Bertz CT molecular complexity index is 342. The van der Waals surface area contributed by atoms with E-state index in [-0.39, 0.29) is 11.5 Å². The standard InChI is InChI=1S/C12H14ClF3/c1-3-4-7(2)12(13)11-9(15)5-8(14)6-10(11)16/h5-7,12H,3-4H2,1-2H3. The Morgan fingerprint density at radius 1 is 1.19 bits per heavy atom. The fourth-order valence-corrected chi connectivity index (χ4v) is 2.04. The quantitative estimate of drug-likeness (QED) is 0.672. The Morgan fingerprint density at radius 3 is 2.12 bits per heavy atom. The molecule has 0 aliphatic heterocycles. The van der Waals surface area contributed by atoms with E-state index in [1.165, 1.54) is 0 Å². The molecule has 1 rings (SSSR count). The van der Waals surface area contributed by atoms with Gasteiger partial charge in [0.15, 0.2) is 0 Å². The highest BCUT2D eigenvalue weighted by molar-refractivity contribution is 6.21. The third-order valence-corrected chi connectivity index (χ3v) is 3.21. The summed E-state index contributed by atoms with van der Waals surface area (Å²) in [5.74, 6) is -2.81. The predicted molar refractivity (Wildman–Crippen MR) is 59.0 cm³/mol. The van der Waals surface area contributed by atoms with E-state index in [0.717, 1.165) is 12.8 Å². The van der Waals surface area contributed by atoms with Gasteiger partial charge in [-0.15, -0.1) is 11.6 Å². The largest absolute Gasteiger partial charge is 0.207 e. The smallest absolute Gasteiger partial charge is 0.133 e. The molecule has 0 nitrogen and oxygen atoms in total. The topological polar surface area (TPSA) is 0 Å². The van der Waals surface area contributed by atoms with E-state index in [9.17, 15) is 13.2 Å². The third-order valence-electron chi connectivity index (χ3n) is 2.56. The Balaban J connectivity index is 3.03. The lowest BCUT2D eigenvalue weighted by Crippen LogP contribution is -2.08. The van der Waals surface area contributed by atoms with Crippen LogP contribution in [0, 0.1) is 23.4 Å². The molecular weight excluding hydrogens is 237 g/mol. The van der Waals surface area contributed by atoms with Crippen molar-refractivity contribution >= 4 is 11.6 Å². The van der Waals surface area contributed by atoms with Gasteiger partial charge in [-0.25, -0.2) is 13.2 Å². The Labute approximate surface area is 98.4 Å². The first-order valence-corrected chi connectivity index (χ1v) is 5.69. The van der Waals surface area contributed by atoms with Gasteiger partial charge in [-0.2, -0.15) is 0 Å². The molecule has 2 unspecified atom stereocenters. The second-order valence-corrected chi connectivity index (χ2v) is 4.42. The van der Waals surface area contributed by atoms with Gasteiger partial charge < -0.3 is 0 Å². The summed E-state index contributed by atoms with van der Waals surface area (Å²) in [6, 6.07) is 1.32. The molecule has 0 fully saturated rings. The highest BCUT2D eigenvalue weighted by Gasteiger charge is 2.23. The van der Waals surface area contributed by atoms with Gasteiger partial charge in [0.2, 0.25) is 0 Å². The molecule has 0 heterocycles.